The zero-order chi connectivity index (χ0) is 21.9. The van der Waals surface area contributed by atoms with Gasteiger partial charge in [0.25, 0.3) is 5.91 Å². The molecule has 1 fully saturated rings. The van der Waals surface area contributed by atoms with E-state index in [1.54, 1.807) is 9.47 Å². The molecule has 1 aromatic carbocycles. The molecule has 0 spiro atoms. The smallest absolute Gasteiger partial charge is 0.263 e. The van der Waals surface area contributed by atoms with E-state index < -0.39 is 33.2 Å². The Hall–Kier alpha value is -1.96. The molecule has 1 aromatic heterocycles. The second kappa shape index (κ2) is 9.45. The molecule has 7 nitrogen and oxygen atoms in total. The van der Waals surface area contributed by atoms with E-state index in [1.807, 2.05) is 18.2 Å². The summed E-state index contributed by atoms with van der Waals surface area (Å²) in [6.07, 6.45) is 7.15. The van der Waals surface area contributed by atoms with E-state index in [0.717, 1.165) is 27.5 Å². The van der Waals surface area contributed by atoms with Crippen LogP contribution in [-0.4, -0.2) is 54.3 Å². The lowest BCUT2D eigenvalue weighted by atomic mass is 9.99. The lowest BCUT2D eigenvalue weighted by Gasteiger charge is -2.30. The molecule has 2 amide bonds. The van der Waals surface area contributed by atoms with E-state index in [-0.39, 0.29) is 6.54 Å². The third-order valence-corrected chi connectivity index (χ3v) is 7.85. The number of amides is 2. The van der Waals surface area contributed by atoms with Gasteiger partial charge in [0.2, 0.25) is 5.91 Å². The highest BCUT2D eigenvalue weighted by Gasteiger charge is 2.26. The third-order valence-electron chi connectivity index (χ3n) is 4.94. The number of carbonyl (C=O) groups is 2. The Bertz CT molecular complexity index is 1180. The first-order valence-corrected chi connectivity index (χ1v) is 12.9. The molecule has 1 aliphatic rings. The second-order valence-electron chi connectivity index (χ2n) is 7.39. The molecule has 1 saturated heterocycles. The van der Waals surface area contributed by atoms with Gasteiger partial charge in [-0.2, -0.15) is 4.99 Å². The maximum Gasteiger partial charge on any atom is 0.263 e. The number of piperidine rings is 1. The minimum absolute atomic E-state index is 0.201. The molecule has 3 rings (SSSR count). The predicted octanol–water partition coefficient (Wildman–Crippen LogP) is 2.20. The van der Waals surface area contributed by atoms with Gasteiger partial charge in [0, 0.05) is 17.6 Å². The van der Waals surface area contributed by atoms with E-state index in [0.29, 0.717) is 23.8 Å². The number of aromatic nitrogens is 1. The van der Waals surface area contributed by atoms with Gasteiger partial charge in [0.1, 0.15) is 11.5 Å². The van der Waals surface area contributed by atoms with Crippen molar-refractivity contribution in [1.82, 2.24) is 9.47 Å². The lowest BCUT2D eigenvalue weighted by Crippen LogP contribution is -2.41. The minimum atomic E-state index is -3.91. The van der Waals surface area contributed by atoms with Crippen LogP contribution in [0.5, 0.6) is 0 Å². The van der Waals surface area contributed by atoms with Gasteiger partial charge in [-0.1, -0.05) is 40.1 Å². The standard InChI is InChI=1S/C20H22BrN3O4S2/c1-3-8-24-16-5-4-15(21)11-17(16)29-20(24)22-18(25)12-30(27,28)13-19(26)23-9-6-14(2)7-10-23/h1,4-5,11,14H,6-10,12-13H2,2H3. The van der Waals surface area contributed by atoms with Crippen molar-refractivity contribution in [2.24, 2.45) is 10.9 Å². The second-order valence-corrected chi connectivity index (χ2v) is 11.4. The zero-order valence-corrected chi connectivity index (χ0v) is 19.7. The number of likely N-dealkylation sites (tertiary alicyclic amines) is 1. The van der Waals surface area contributed by atoms with Crippen LogP contribution < -0.4 is 4.80 Å². The van der Waals surface area contributed by atoms with Crippen LogP contribution in [0.1, 0.15) is 19.8 Å². The molecule has 0 unspecified atom stereocenters. The zero-order valence-electron chi connectivity index (χ0n) is 16.5. The number of sulfone groups is 1. The molecule has 30 heavy (non-hydrogen) atoms. The van der Waals surface area contributed by atoms with Crippen molar-refractivity contribution >= 4 is 59.1 Å². The highest BCUT2D eigenvalue weighted by atomic mass is 79.9. The highest BCUT2D eigenvalue weighted by Crippen LogP contribution is 2.22. The summed E-state index contributed by atoms with van der Waals surface area (Å²) in [5, 5.41) is 0. The largest absolute Gasteiger partial charge is 0.342 e. The number of halogens is 1. The van der Waals surface area contributed by atoms with Crippen molar-refractivity contribution in [1.29, 1.82) is 0 Å². The number of rotatable bonds is 5. The number of carbonyl (C=O) groups excluding carboxylic acids is 2. The fourth-order valence-corrected chi connectivity index (χ4v) is 5.99. The van der Waals surface area contributed by atoms with Crippen molar-refractivity contribution in [2.45, 2.75) is 26.3 Å². The maximum atomic E-state index is 12.4. The van der Waals surface area contributed by atoms with Crippen LogP contribution in [0.3, 0.4) is 0 Å². The van der Waals surface area contributed by atoms with Crippen LogP contribution in [0.15, 0.2) is 27.7 Å². The third kappa shape index (κ3) is 5.59. The lowest BCUT2D eigenvalue weighted by molar-refractivity contribution is -0.129. The summed E-state index contributed by atoms with van der Waals surface area (Å²) in [5.74, 6) is 0.302. The average molecular weight is 512 g/mol. The van der Waals surface area contributed by atoms with E-state index in [9.17, 15) is 18.0 Å². The van der Waals surface area contributed by atoms with Crippen molar-refractivity contribution < 1.29 is 18.0 Å². The van der Waals surface area contributed by atoms with E-state index >= 15 is 0 Å². The van der Waals surface area contributed by atoms with Gasteiger partial charge >= 0.3 is 0 Å². The molecule has 2 aromatic rings. The summed E-state index contributed by atoms with van der Waals surface area (Å²) in [6, 6.07) is 5.59. The molecular formula is C20H22BrN3O4S2. The number of benzene rings is 1. The Morgan fingerprint density at radius 2 is 2.00 bits per heavy atom. The Morgan fingerprint density at radius 1 is 1.30 bits per heavy atom. The Labute approximate surface area is 187 Å². The fourth-order valence-electron chi connectivity index (χ4n) is 3.29. The Balaban J connectivity index is 1.77. The van der Waals surface area contributed by atoms with Crippen LogP contribution in [-0.2, 0) is 26.0 Å². The van der Waals surface area contributed by atoms with Crippen LogP contribution in [0, 0.1) is 18.3 Å². The summed E-state index contributed by atoms with van der Waals surface area (Å²) in [5.41, 5.74) is 0.810. The topological polar surface area (TPSA) is 88.8 Å². The van der Waals surface area contributed by atoms with Crippen LogP contribution in [0.2, 0.25) is 0 Å². The van der Waals surface area contributed by atoms with Gasteiger partial charge in [-0.3, -0.25) is 9.59 Å². The van der Waals surface area contributed by atoms with Gasteiger partial charge in [0.15, 0.2) is 14.6 Å². The molecule has 1 aliphatic heterocycles. The molecule has 0 N–H and O–H groups in total. The molecule has 2 heterocycles. The molecular weight excluding hydrogens is 490 g/mol. The van der Waals surface area contributed by atoms with Crippen molar-refractivity contribution in [3.8, 4) is 12.3 Å². The van der Waals surface area contributed by atoms with Crippen molar-refractivity contribution in [3.63, 3.8) is 0 Å². The molecule has 0 radical (unpaired) electrons. The van der Waals surface area contributed by atoms with Crippen molar-refractivity contribution in [3.05, 3.63) is 27.5 Å². The van der Waals surface area contributed by atoms with Crippen LogP contribution in [0.25, 0.3) is 10.2 Å². The SMILES string of the molecule is C#CCn1c(=NC(=O)CS(=O)(=O)CC(=O)N2CCC(C)CC2)sc2cc(Br)ccc21. The number of terminal acetylenes is 1. The summed E-state index contributed by atoms with van der Waals surface area (Å²) < 4.78 is 28.2. The number of nitrogens with zero attached hydrogens (tertiary/aromatic N) is 3. The normalized spacial score (nSPS) is 16.0. The van der Waals surface area contributed by atoms with E-state index in [1.165, 1.54) is 11.3 Å². The van der Waals surface area contributed by atoms with E-state index in [4.69, 9.17) is 6.42 Å². The van der Waals surface area contributed by atoms with Gasteiger partial charge in [-0.05, 0) is 37.0 Å². The minimum Gasteiger partial charge on any atom is -0.342 e. The number of thiazole rings is 1. The average Bonchev–Trinajstić information content (AvgIpc) is 2.97. The number of fused-ring (bicyclic) bond motifs is 1. The Kier molecular flexibility index (Phi) is 7.16. The Morgan fingerprint density at radius 3 is 2.67 bits per heavy atom. The molecule has 160 valence electrons. The van der Waals surface area contributed by atoms with Gasteiger partial charge < -0.3 is 9.47 Å². The quantitative estimate of drug-likeness (QED) is 0.575. The summed E-state index contributed by atoms with van der Waals surface area (Å²) in [4.78, 5) is 30.6. The first-order chi connectivity index (χ1) is 14.2. The predicted molar refractivity (Wildman–Crippen MR) is 121 cm³/mol. The van der Waals surface area contributed by atoms with Gasteiger partial charge in [-0.15, -0.1) is 6.42 Å². The van der Waals surface area contributed by atoms with Gasteiger partial charge in [0.05, 0.1) is 16.8 Å². The first-order valence-electron chi connectivity index (χ1n) is 9.46. The van der Waals surface area contributed by atoms with E-state index in [2.05, 4.69) is 33.8 Å². The number of hydrogen-bond donors (Lipinski definition) is 0. The van der Waals surface area contributed by atoms with Gasteiger partial charge in [-0.25, -0.2) is 8.42 Å². The molecule has 0 bridgehead atoms. The maximum absolute atomic E-state index is 12.4. The number of hydrogen-bond acceptors (Lipinski definition) is 5. The highest BCUT2D eigenvalue weighted by molar-refractivity contribution is 9.10. The molecule has 0 atom stereocenters. The first kappa shape index (κ1) is 22.7. The van der Waals surface area contributed by atoms with Crippen molar-refractivity contribution in [2.75, 3.05) is 24.6 Å². The fraction of sp³-hybridized carbons (Fsp3) is 0.450. The summed E-state index contributed by atoms with van der Waals surface area (Å²) in [7, 11) is -3.91. The van der Waals surface area contributed by atoms with Crippen LogP contribution >= 0.6 is 27.3 Å². The molecule has 10 heteroatoms. The summed E-state index contributed by atoms with van der Waals surface area (Å²) >= 11 is 4.65. The summed E-state index contributed by atoms with van der Waals surface area (Å²) in [6.45, 7) is 3.42. The van der Waals surface area contributed by atoms with Crippen LogP contribution in [0.4, 0.5) is 0 Å². The monoisotopic (exact) mass is 511 g/mol. The molecule has 0 saturated carbocycles. The molecule has 0 aliphatic carbocycles.